The van der Waals surface area contributed by atoms with Crippen molar-refractivity contribution in [1.82, 2.24) is 4.31 Å². The van der Waals surface area contributed by atoms with Crippen molar-refractivity contribution in [3.63, 3.8) is 0 Å². The van der Waals surface area contributed by atoms with Gasteiger partial charge in [0.05, 0.1) is 4.90 Å². The molecule has 1 saturated heterocycles. The van der Waals surface area contributed by atoms with E-state index in [9.17, 15) is 13.5 Å². The summed E-state index contributed by atoms with van der Waals surface area (Å²) >= 11 is 0. The van der Waals surface area contributed by atoms with E-state index in [2.05, 4.69) is 0 Å². The van der Waals surface area contributed by atoms with Crippen LogP contribution in [0, 0.1) is 5.92 Å². The SMILES string of the molecule is CN(CC1CCOCC1)S(=O)(=O)c1cccc(O)c1. The van der Waals surface area contributed by atoms with Gasteiger partial charge in [-0.2, -0.15) is 0 Å². The van der Waals surface area contributed by atoms with Gasteiger partial charge in [0.25, 0.3) is 0 Å². The molecule has 0 aromatic heterocycles. The zero-order chi connectivity index (χ0) is 13.9. The highest BCUT2D eigenvalue weighted by Crippen LogP contribution is 2.22. The number of nitrogens with zero attached hydrogens (tertiary/aromatic N) is 1. The molecule has 6 heteroatoms. The number of benzene rings is 1. The largest absolute Gasteiger partial charge is 0.508 e. The molecule has 0 bridgehead atoms. The van der Waals surface area contributed by atoms with Crippen molar-refractivity contribution in [2.24, 2.45) is 5.92 Å². The zero-order valence-corrected chi connectivity index (χ0v) is 11.8. The predicted molar refractivity (Wildman–Crippen MR) is 71.5 cm³/mol. The number of aromatic hydroxyl groups is 1. The molecule has 0 radical (unpaired) electrons. The van der Waals surface area contributed by atoms with Crippen molar-refractivity contribution >= 4 is 10.0 Å². The van der Waals surface area contributed by atoms with Gasteiger partial charge in [-0.1, -0.05) is 6.07 Å². The molecular formula is C13H19NO4S. The Morgan fingerprint density at radius 2 is 2.05 bits per heavy atom. The molecule has 1 aromatic carbocycles. The number of rotatable bonds is 4. The topological polar surface area (TPSA) is 66.8 Å². The van der Waals surface area contributed by atoms with Gasteiger partial charge >= 0.3 is 0 Å². The lowest BCUT2D eigenvalue weighted by molar-refractivity contribution is 0.0620. The smallest absolute Gasteiger partial charge is 0.242 e. The summed E-state index contributed by atoms with van der Waals surface area (Å²) < 4.78 is 31.3. The highest BCUT2D eigenvalue weighted by Gasteiger charge is 2.25. The molecule has 1 aromatic rings. The van der Waals surface area contributed by atoms with Crippen molar-refractivity contribution < 1.29 is 18.3 Å². The molecule has 0 amide bonds. The van der Waals surface area contributed by atoms with Crippen molar-refractivity contribution in [3.8, 4) is 5.75 Å². The maximum Gasteiger partial charge on any atom is 0.242 e. The highest BCUT2D eigenvalue weighted by atomic mass is 32.2. The molecule has 1 fully saturated rings. The summed E-state index contributed by atoms with van der Waals surface area (Å²) in [6, 6.07) is 5.76. The molecule has 0 saturated carbocycles. The van der Waals surface area contributed by atoms with Gasteiger partial charge < -0.3 is 9.84 Å². The Morgan fingerprint density at radius 1 is 1.37 bits per heavy atom. The fourth-order valence-electron chi connectivity index (χ4n) is 2.21. The normalized spacial score (nSPS) is 17.8. The van der Waals surface area contributed by atoms with Crippen LogP contribution in [0.25, 0.3) is 0 Å². The minimum atomic E-state index is -3.53. The summed E-state index contributed by atoms with van der Waals surface area (Å²) in [6.07, 6.45) is 1.78. The Balaban J connectivity index is 2.10. The first kappa shape index (κ1) is 14.3. The molecule has 0 unspecified atom stereocenters. The minimum Gasteiger partial charge on any atom is -0.508 e. The van der Waals surface area contributed by atoms with Crippen molar-refractivity contribution in [2.75, 3.05) is 26.8 Å². The molecule has 0 atom stereocenters. The van der Waals surface area contributed by atoms with Gasteiger partial charge in [-0.25, -0.2) is 12.7 Å². The summed E-state index contributed by atoms with van der Waals surface area (Å²) in [7, 11) is -1.95. The van der Waals surface area contributed by atoms with E-state index in [4.69, 9.17) is 4.74 Å². The third kappa shape index (κ3) is 3.46. The second-order valence-electron chi connectivity index (χ2n) is 4.84. The van der Waals surface area contributed by atoms with Gasteiger partial charge in [-0.15, -0.1) is 0 Å². The Morgan fingerprint density at radius 3 is 2.68 bits per heavy atom. The van der Waals surface area contributed by atoms with Crippen LogP contribution in [-0.2, 0) is 14.8 Å². The van der Waals surface area contributed by atoms with Crippen molar-refractivity contribution in [3.05, 3.63) is 24.3 Å². The number of phenolic OH excluding ortho intramolecular Hbond substituents is 1. The van der Waals surface area contributed by atoms with Crippen molar-refractivity contribution in [1.29, 1.82) is 0 Å². The lowest BCUT2D eigenvalue weighted by Crippen LogP contribution is -2.34. The Bertz CT molecular complexity index is 523. The first-order valence-electron chi connectivity index (χ1n) is 6.33. The molecule has 1 aliphatic rings. The van der Waals surface area contributed by atoms with E-state index in [0.717, 1.165) is 12.8 Å². The summed E-state index contributed by atoms with van der Waals surface area (Å²) in [5, 5.41) is 9.38. The summed E-state index contributed by atoms with van der Waals surface area (Å²) in [4.78, 5) is 0.127. The van der Waals surface area contributed by atoms with Crippen molar-refractivity contribution in [2.45, 2.75) is 17.7 Å². The molecule has 2 rings (SSSR count). The van der Waals surface area contributed by atoms with Gasteiger partial charge in [-0.05, 0) is 37.0 Å². The first-order valence-corrected chi connectivity index (χ1v) is 7.77. The molecule has 5 nitrogen and oxygen atoms in total. The summed E-state index contributed by atoms with van der Waals surface area (Å²) in [5.41, 5.74) is 0. The lowest BCUT2D eigenvalue weighted by Gasteiger charge is -2.26. The first-order chi connectivity index (χ1) is 9.00. The molecule has 19 heavy (non-hydrogen) atoms. The second kappa shape index (κ2) is 5.90. The Hall–Kier alpha value is -1.11. The van der Waals surface area contributed by atoms with E-state index >= 15 is 0 Å². The van der Waals surface area contributed by atoms with E-state index in [1.807, 2.05) is 0 Å². The minimum absolute atomic E-state index is 0.0412. The average Bonchev–Trinajstić information content (AvgIpc) is 2.40. The standard InChI is InChI=1S/C13H19NO4S/c1-14(10-11-5-7-18-8-6-11)19(16,17)13-4-2-3-12(15)9-13/h2-4,9,11,15H,5-8,10H2,1H3. The van der Waals surface area contributed by atoms with Crippen LogP contribution < -0.4 is 0 Å². The molecule has 0 aliphatic carbocycles. The number of phenols is 1. The van der Waals surface area contributed by atoms with Crippen LogP contribution in [0.2, 0.25) is 0 Å². The van der Waals surface area contributed by atoms with Crippen LogP contribution in [0.3, 0.4) is 0 Å². The molecular weight excluding hydrogens is 266 g/mol. The van der Waals surface area contributed by atoms with Gasteiger partial charge in [0.15, 0.2) is 0 Å². The van der Waals surface area contributed by atoms with Crippen LogP contribution in [0.4, 0.5) is 0 Å². The number of ether oxygens (including phenoxy) is 1. The lowest BCUT2D eigenvalue weighted by atomic mass is 10.0. The van der Waals surface area contributed by atoms with Crippen LogP contribution in [-0.4, -0.2) is 44.6 Å². The van der Waals surface area contributed by atoms with Crippen LogP contribution in [0.5, 0.6) is 5.75 Å². The predicted octanol–water partition coefficient (Wildman–Crippen LogP) is 1.44. The Labute approximate surface area is 113 Å². The van der Waals surface area contributed by atoms with Gasteiger partial charge in [0.2, 0.25) is 10.0 Å². The summed E-state index contributed by atoms with van der Waals surface area (Å²) in [5.74, 6) is 0.298. The maximum atomic E-state index is 12.3. The van der Waals surface area contributed by atoms with Crippen LogP contribution in [0.15, 0.2) is 29.2 Å². The summed E-state index contributed by atoms with van der Waals surface area (Å²) in [6.45, 7) is 1.89. The fourth-order valence-corrected chi connectivity index (χ4v) is 3.50. The van der Waals surface area contributed by atoms with Gasteiger partial charge in [0, 0.05) is 26.8 Å². The number of hydrogen-bond donors (Lipinski definition) is 1. The van der Waals surface area contributed by atoms with E-state index in [1.54, 1.807) is 7.05 Å². The van der Waals surface area contributed by atoms with Crippen LogP contribution >= 0.6 is 0 Å². The monoisotopic (exact) mass is 285 g/mol. The number of hydrogen-bond acceptors (Lipinski definition) is 4. The van der Waals surface area contributed by atoms with E-state index in [-0.39, 0.29) is 10.6 Å². The number of sulfonamides is 1. The fraction of sp³-hybridized carbons (Fsp3) is 0.538. The third-order valence-electron chi connectivity index (χ3n) is 3.38. The van der Waals surface area contributed by atoms with E-state index < -0.39 is 10.0 Å². The molecule has 1 heterocycles. The third-order valence-corrected chi connectivity index (χ3v) is 5.20. The van der Waals surface area contributed by atoms with Crippen LogP contribution in [0.1, 0.15) is 12.8 Å². The molecule has 106 valence electrons. The average molecular weight is 285 g/mol. The quantitative estimate of drug-likeness (QED) is 0.909. The second-order valence-corrected chi connectivity index (χ2v) is 6.88. The molecule has 0 spiro atoms. The molecule has 1 N–H and O–H groups in total. The zero-order valence-electron chi connectivity index (χ0n) is 10.9. The maximum absolute atomic E-state index is 12.3. The van der Waals surface area contributed by atoms with E-state index in [0.29, 0.717) is 25.7 Å². The van der Waals surface area contributed by atoms with Gasteiger partial charge in [-0.3, -0.25) is 0 Å². The van der Waals surface area contributed by atoms with E-state index in [1.165, 1.54) is 28.6 Å². The Kier molecular flexibility index (Phi) is 4.44. The van der Waals surface area contributed by atoms with Gasteiger partial charge in [0.1, 0.15) is 5.75 Å². The molecule has 1 aliphatic heterocycles. The highest BCUT2D eigenvalue weighted by molar-refractivity contribution is 7.89.